The Labute approximate surface area is 167 Å². The van der Waals surface area contributed by atoms with Gasteiger partial charge < -0.3 is 10.7 Å². The van der Waals surface area contributed by atoms with E-state index in [0.29, 0.717) is 17.3 Å². The van der Waals surface area contributed by atoms with E-state index in [1.165, 1.54) is 6.08 Å². The van der Waals surface area contributed by atoms with Crippen LogP contribution in [0.25, 0.3) is 17.0 Å². The Morgan fingerprint density at radius 1 is 1.00 bits per heavy atom. The van der Waals surface area contributed by atoms with Crippen molar-refractivity contribution in [3.05, 3.63) is 90.9 Å². The third kappa shape index (κ3) is 4.26. The third-order valence-corrected chi connectivity index (χ3v) is 4.28. The molecule has 0 aliphatic rings. The maximum atomic E-state index is 12.7. The van der Waals surface area contributed by atoms with Crippen LogP contribution in [0.15, 0.2) is 90.9 Å². The predicted octanol–water partition coefficient (Wildman–Crippen LogP) is 2.76. The van der Waals surface area contributed by atoms with Gasteiger partial charge in [-0.15, -0.1) is 0 Å². The van der Waals surface area contributed by atoms with Gasteiger partial charge >= 0.3 is 5.91 Å². The number of nitrogens with two attached hydrogens (primary N) is 1. The van der Waals surface area contributed by atoms with Crippen LogP contribution >= 0.6 is 0 Å². The second kappa shape index (κ2) is 8.28. The molecular formula is C22H19N6O+. The number of hydrogen-bond donors (Lipinski definition) is 3. The number of quaternary nitrogens is 1. The predicted molar refractivity (Wildman–Crippen MR) is 112 cm³/mol. The fourth-order valence-electron chi connectivity index (χ4n) is 2.89. The van der Waals surface area contributed by atoms with Crippen LogP contribution in [0.5, 0.6) is 0 Å². The fraction of sp³-hybridized carbons (Fsp3) is 0. The number of carbonyl (C=O) groups is 1. The van der Waals surface area contributed by atoms with Gasteiger partial charge in [-0.3, -0.25) is 14.5 Å². The summed E-state index contributed by atoms with van der Waals surface area (Å²) in [6, 6.07) is 21.0. The van der Waals surface area contributed by atoms with Crippen molar-refractivity contribution in [3.63, 3.8) is 0 Å². The number of benzene rings is 2. The number of nitrogens with one attached hydrogen (secondary N) is 2. The van der Waals surface area contributed by atoms with Crippen molar-refractivity contribution in [1.82, 2.24) is 14.4 Å². The lowest BCUT2D eigenvalue weighted by Gasteiger charge is -2.06. The van der Waals surface area contributed by atoms with Crippen LogP contribution in [0.1, 0.15) is 0 Å². The largest absolute Gasteiger partial charge is 0.311 e. The zero-order chi connectivity index (χ0) is 20.1. The van der Waals surface area contributed by atoms with Crippen LogP contribution in [0.4, 0.5) is 11.5 Å². The zero-order valence-electron chi connectivity index (χ0n) is 15.5. The average Bonchev–Trinajstić information content (AvgIpc) is 3.18. The summed E-state index contributed by atoms with van der Waals surface area (Å²) in [6.07, 6.45) is 6.24. The minimum absolute atomic E-state index is 0.343. The van der Waals surface area contributed by atoms with E-state index in [0.717, 1.165) is 23.2 Å². The number of rotatable bonds is 6. The van der Waals surface area contributed by atoms with Crippen molar-refractivity contribution in [2.75, 3.05) is 5.32 Å². The topological polar surface area (TPSA) is 99.8 Å². The lowest BCUT2D eigenvalue weighted by atomic mass is 10.2. The number of hydrogen-bond acceptors (Lipinski definition) is 4. The molecule has 7 heteroatoms. The first kappa shape index (κ1) is 18.3. The van der Waals surface area contributed by atoms with Crippen LogP contribution in [0.3, 0.4) is 0 Å². The molecule has 4 rings (SSSR count). The summed E-state index contributed by atoms with van der Waals surface area (Å²) < 4.78 is 1.81. The first-order chi connectivity index (χ1) is 14.2. The molecule has 0 atom stereocenters. The van der Waals surface area contributed by atoms with Gasteiger partial charge in [0.1, 0.15) is 11.5 Å². The first-order valence-corrected chi connectivity index (χ1v) is 9.06. The number of nitrogens with zero attached hydrogens (tertiary/aromatic N) is 3. The van der Waals surface area contributed by atoms with Crippen molar-refractivity contribution < 1.29 is 10.1 Å². The highest BCUT2D eigenvalue weighted by Crippen LogP contribution is 2.18. The number of aromatic nitrogens is 3. The average molecular weight is 383 g/mol. The molecule has 0 radical (unpaired) electrons. The maximum Gasteiger partial charge on any atom is 0.311 e. The quantitative estimate of drug-likeness (QED) is 0.271. The molecule has 0 aliphatic carbocycles. The molecule has 7 nitrogen and oxygen atoms in total. The van der Waals surface area contributed by atoms with Crippen LogP contribution in [0.2, 0.25) is 0 Å². The molecule has 142 valence electrons. The van der Waals surface area contributed by atoms with Crippen molar-refractivity contribution >= 4 is 29.4 Å². The molecule has 0 spiro atoms. The van der Waals surface area contributed by atoms with E-state index in [-0.39, 0.29) is 5.91 Å². The zero-order valence-corrected chi connectivity index (χ0v) is 15.5. The highest BCUT2D eigenvalue weighted by atomic mass is 16.2. The van der Waals surface area contributed by atoms with Crippen molar-refractivity contribution in [2.24, 2.45) is 0 Å². The SMILES string of the molecule is N=CC=C([NH2+]c1ccccc1)C(=O)Nc1ccn2cc(-c3ccccc3)nc2n1. The molecule has 0 fully saturated rings. The van der Waals surface area contributed by atoms with Gasteiger partial charge in [0.05, 0.1) is 5.69 Å². The summed E-state index contributed by atoms with van der Waals surface area (Å²) in [5, 5.41) is 11.8. The van der Waals surface area contributed by atoms with Crippen LogP contribution < -0.4 is 10.6 Å². The number of amides is 1. The maximum absolute atomic E-state index is 12.7. The van der Waals surface area contributed by atoms with Crippen LogP contribution in [-0.2, 0) is 4.79 Å². The number of fused-ring (bicyclic) bond motifs is 1. The first-order valence-electron chi connectivity index (χ1n) is 9.06. The van der Waals surface area contributed by atoms with Crippen molar-refractivity contribution in [1.29, 1.82) is 5.41 Å². The van der Waals surface area contributed by atoms with E-state index >= 15 is 0 Å². The standard InChI is InChI=1S/C22H18N6O/c23-13-11-18(24-17-9-5-2-6-10-17)21(29)26-20-12-14-28-15-19(25-22(28)27-20)16-7-3-1-4-8-16/h1-15,23-24H,(H,25,26,27,29)/p+1. The molecule has 0 saturated heterocycles. The van der Waals surface area contributed by atoms with Crippen molar-refractivity contribution in [2.45, 2.75) is 0 Å². The summed E-state index contributed by atoms with van der Waals surface area (Å²) >= 11 is 0. The van der Waals surface area contributed by atoms with E-state index in [2.05, 4.69) is 15.3 Å². The second-order valence-corrected chi connectivity index (χ2v) is 6.31. The van der Waals surface area contributed by atoms with E-state index in [4.69, 9.17) is 5.41 Å². The van der Waals surface area contributed by atoms with Gasteiger partial charge in [0.15, 0.2) is 0 Å². The smallest absolute Gasteiger partial charge is 0.309 e. The molecule has 0 saturated carbocycles. The highest BCUT2D eigenvalue weighted by molar-refractivity contribution is 6.03. The van der Waals surface area contributed by atoms with Crippen LogP contribution in [0, 0.1) is 5.41 Å². The number of allylic oxidation sites excluding steroid dienone is 1. The molecule has 0 aliphatic heterocycles. The summed E-state index contributed by atoms with van der Waals surface area (Å²) in [4.78, 5) is 21.7. The summed E-state index contributed by atoms with van der Waals surface area (Å²) in [5.41, 5.74) is 3.04. The minimum Gasteiger partial charge on any atom is -0.309 e. The van der Waals surface area contributed by atoms with E-state index in [9.17, 15) is 4.79 Å². The lowest BCUT2D eigenvalue weighted by molar-refractivity contribution is -0.510. The minimum atomic E-state index is -0.343. The lowest BCUT2D eigenvalue weighted by Crippen LogP contribution is -2.78. The van der Waals surface area contributed by atoms with Gasteiger partial charge in [0.25, 0.3) is 0 Å². The van der Waals surface area contributed by atoms with E-state index in [1.54, 1.807) is 17.6 Å². The Hall–Kier alpha value is -4.10. The molecule has 29 heavy (non-hydrogen) atoms. The van der Waals surface area contributed by atoms with Gasteiger partial charge in [0, 0.05) is 30.2 Å². The summed E-state index contributed by atoms with van der Waals surface area (Å²) in [5.74, 6) is 0.542. The van der Waals surface area contributed by atoms with Crippen LogP contribution in [-0.4, -0.2) is 26.5 Å². The van der Waals surface area contributed by atoms with Gasteiger partial charge in [-0.1, -0.05) is 48.5 Å². The summed E-state index contributed by atoms with van der Waals surface area (Å²) in [7, 11) is 0. The molecule has 4 N–H and O–H groups in total. The van der Waals surface area contributed by atoms with E-state index in [1.807, 2.05) is 71.3 Å². The molecule has 1 amide bonds. The molecule has 4 aromatic rings. The number of para-hydroxylation sites is 1. The van der Waals surface area contributed by atoms with Crippen molar-refractivity contribution in [3.8, 4) is 11.3 Å². The third-order valence-electron chi connectivity index (χ3n) is 4.28. The Bertz CT molecular complexity index is 1180. The Morgan fingerprint density at radius 2 is 1.72 bits per heavy atom. The number of anilines is 1. The van der Waals surface area contributed by atoms with Gasteiger partial charge in [-0.2, -0.15) is 4.98 Å². The van der Waals surface area contributed by atoms with Gasteiger partial charge in [-0.25, -0.2) is 4.98 Å². The molecule has 2 aromatic heterocycles. The summed E-state index contributed by atoms with van der Waals surface area (Å²) in [6.45, 7) is 0. The molecule has 2 heterocycles. The molecular weight excluding hydrogens is 364 g/mol. The Morgan fingerprint density at radius 3 is 2.45 bits per heavy atom. The Kier molecular flexibility index (Phi) is 5.22. The second-order valence-electron chi connectivity index (χ2n) is 6.31. The normalized spacial score (nSPS) is 11.4. The number of carbonyl (C=O) groups excluding carboxylic acids is 1. The molecule has 0 bridgehead atoms. The molecule has 2 aromatic carbocycles. The molecule has 0 unspecified atom stereocenters. The van der Waals surface area contributed by atoms with Gasteiger partial charge in [-0.05, 0) is 18.2 Å². The fourth-order valence-corrected chi connectivity index (χ4v) is 2.89. The van der Waals surface area contributed by atoms with E-state index < -0.39 is 0 Å². The monoisotopic (exact) mass is 383 g/mol. The van der Waals surface area contributed by atoms with Gasteiger partial charge in [0.2, 0.25) is 11.5 Å². The number of imidazole rings is 1. The Balaban J connectivity index is 1.55. The highest BCUT2D eigenvalue weighted by Gasteiger charge is 2.16.